The molecule has 1 heterocycles. The van der Waals surface area contributed by atoms with Crippen LogP contribution in [-0.4, -0.2) is 17.1 Å². The van der Waals surface area contributed by atoms with Crippen LogP contribution in [0.2, 0.25) is 0 Å². The Morgan fingerprint density at radius 3 is 2.54 bits per heavy atom. The second-order valence-corrected chi connectivity index (χ2v) is 3.19. The average Bonchev–Trinajstić information content (AvgIpc) is 2.64. The summed E-state index contributed by atoms with van der Waals surface area (Å²) in [6, 6.07) is 1.70. The zero-order chi connectivity index (χ0) is 9.84. The normalized spacial score (nSPS) is 14.9. The van der Waals surface area contributed by atoms with Crippen LogP contribution >= 0.6 is 0 Å². The molecule has 0 N–H and O–H groups in total. The van der Waals surface area contributed by atoms with Crippen molar-refractivity contribution in [3.63, 3.8) is 0 Å². The molecule has 1 rings (SSSR count). The van der Waals surface area contributed by atoms with Crippen LogP contribution in [0.25, 0.3) is 0 Å². The van der Waals surface area contributed by atoms with Gasteiger partial charge < -0.3 is 14.2 Å². The smallest absolute Gasteiger partial charge is 0.142 e. The highest BCUT2D eigenvalue weighted by atomic mass is 16.1. The van der Waals surface area contributed by atoms with Gasteiger partial charge in [-0.3, -0.25) is 0 Å². The molecule has 13 heavy (non-hydrogen) atoms. The number of hydrogen-bond acceptors (Lipinski definition) is 2. The highest BCUT2D eigenvalue weighted by molar-refractivity contribution is 5.61. The van der Waals surface area contributed by atoms with Gasteiger partial charge in [-0.1, -0.05) is 6.92 Å². The highest BCUT2D eigenvalue weighted by Crippen LogP contribution is 2.15. The zero-order valence-electron chi connectivity index (χ0n) is 7.81. The number of hydrogen-bond donors (Lipinski definition) is 0. The lowest BCUT2D eigenvalue weighted by Gasteiger charge is -2.04. The lowest BCUT2D eigenvalue weighted by molar-refractivity contribution is -0.110. The summed E-state index contributed by atoms with van der Waals surface area (Å²) in [6.45, 7) is 3.64. The molecule has 0 radical (unpaired) electrons. The maximum absolute atomic E-state index is 10.5. The topological polar surface area (TPSA) is 39.1 Å². The number of rotatable bonds is 4. The van der Waals surface area contributed by atoms with E-state index in [1.54, 1.807) is 4.57 Å². The van der Waals surface area contributed by atoms with E-state index in [0.717, 1.165) is 18.1 Å². The van der Waals surface area contributed by atoms with Crippen molar-refractivity contribution < 1.29 is 9.59 Å². The van der Waals surface area contributed by atoms with Gasteiger partial charge in [0.2, 0.25) is 0 Å². The van der Waals surface area contributed by atoms with E-state index in [2.05, 4.69) is 0 Å². The summed E-state index contributed by atoms with van der Waals surface area (Å²) in [5.41, 5.74) is 0.948. The Labute approximate surface area is 77.4 Å². The van der Waals surface area contributed by atoms with Crippen molar-refractivity contribution in [3.05, 3.63) is 24.0 Å². The molecule has 0 saturated carbocycles. The molecule has 2 atom stereocenters. The van der Waals surface area contributed by atoms with E-state index in [9.17, 15) is 9.59 Å². The molecule has 0 saturated heterocycles. The number of carbonyl (C=O) groups is 2. The Kier molecular flexibility index (Phi) is 3.01. The molecule has 0 aromatic carbocycles. The zero-order valence-corrected chi connectivity index (χ0v) is 7.81. The fraction of sp³-hybridized carbons (Fsp3) is 0.400. The Morgan fingerprint density at radius 1 is 1.31 bits per heavy atom. The van der Waals surface area contributed by atoms with Gasteiger partial charge in [-0.05, 0) is 18.6 Å². The number of carbonyl (C=O) groups excluding carboxylic acids is 2. The van der Waals surface area contributed by atoms with Crippen LogP contribution in [0.3, 0.4) is 0 Å². The molecule has 2 unspecified atom stereocenters. The summed E-state index contributed by atoms with van der Waals surface area (Å²) < 4.78 is 1.79. The third-order valence-corrected chi connectivity index (χ3v) is 2.13. The first-order valence-corrected chi connectivity index (χ1v) is 4.27. The lowest BCUT2D eigenvalue weighted by atomic mass is 10.1. The molecule has 0 amide bonds. The third-order valence-electron chi connectivity index (χ3n) is 2.13. The average molecular weight is 179 g/mol. The molecule has 0 spiro atoms. The molecule has 0 aliphatic rings. The van der Waals surface area contributed by atoms with Gasteiger partial charge >= 0.3 is 0 Å². The Hall–Kier alpha value is -1.38. The van der Waals surface area contributed by atoms with E-state index in [-0.39, 0.29) is 12.0 Å². The molecular formula is C10H13NO2. The van der Waals surface area contributed by atoms with Gasteiger partial charge in [0.15, 0.2) is 0 Å². The van der Waals surface area contributed by atoms with Crippen molar-refractivity contribution in [1.82, 2.24) is 4.57 Å². The summed E-state index contributed by atoms with van der Waals surface area (Å²) in [5, 5.41) is 0. The summed E-state index contributed by atoms with van der Waals surface area (Å²) in [7, 11) is 0. The number of nitrogens with zero attached hydrogens (tertiary/aromatic N) is 1. The van der Waals surface area contributed by atoms with Crippen molar-refractivity contribution in [3.8, 4) is 0 Å². The van der Waals surface area contributed by atoms with Gasteiger partial charge in [0.05, 0.1) is 6.04 Å². The van der Waals surface area contributed by atoms with E-state index in [1.807, 2.05) is 32.3 Å². The Bertz CT molecular complexity index is 275. The number of aldehydes is 2. The van der Waals surface area contributed by atoms with Gasteiger partial charge in [0, 0.05) is 18.3 Å². The predicted molar refractivity (Wildman–Crippen MR) is 49.7 cm³/mol. The minimum Gasteiger partial charge on any atom is -0.344 e. The monoisotopic (exact) mass is 179 g/mol. The second-order valence-electron chi connectivity index (χ2n) is 3.19. The molecule has 0 aliphatic carbocycles. The van der Waals surface area contributed by atoms with Crippen molar-refractivity contribution in [1.29, 1.82) is 0 Å². The molecule has 0 aliphatic heterocycles. The van der Waals surface area contributed by atoms with Crippen LogP contribution in [0, 0.1) is 0 Å². The van der Waals surface area contributed by atoms with Crippen LogP contribution in [0.4, 0.5) is 0 Å². The summed E-state index contributed by atoms with van der Waals surface area (Å²) in [4.78, 5) is 20.9. The van der Waals surface area contributed by atoms with Gasteiger partial charge in [-0.25, -0.2) is 0 Å². The molecule has 0 bridgehead atoms. The summed E-state index contributed by atoms with van der Waals surface area (Å²) in [5.74, 6) is -0.0971. The molecule has 0 fully saturated rings. The van der Waals surface area contributed by atoms with E-state index < -0.39 is 0 Å². The standard InChI is InChI=1S/C10H13NO2/c1-8(6-12)10-3-4-11(5-10)9(2)7-13/h3-9H,1-2H3. The highest BCUT2D eigenvalue weighted by Gasteiger charge is 2.07. The molecular weight excluding hydrogens is 166 g/mol. The van der Waals surface area contributed by atoms with Crippen LogP contribution in [-0.2, 0) is 9.59 Å². The van der Waals surface area contributed by atoms with Crippen LogP contribution in [0.1, 0.15) is 31.4 Å². The Balaban J connectivity index is 2.85. The first kappa shape index (κ1) is 9.71. The molecule has 70 valence electrons. The molecule has 3 nitrogen and oxygen atoms in total. The van der Waals surface area contributed by atoms with Gasteiger partial charge in [-0.15, -0.1) is 0 Å². The fourth-order valence-corrected chi connectivity index (χ4v) is 1.10. The van der Waals surface area contributed by atoms with Gasteiger partial charge in [-0.2, -0.15) is 0 Å². The van der Waals surface area contributed by atoms with Crippen molar-refractivity contribution >= 4 is 12.6 Å². The van der Waals surface area contributed by atoms with Crippen molar-refractivity contribution in [2.45, 2.75) is 25.8 Å². The molecule has 1 aromatic heterocycles. The van der Waals surface area contributed by atoms with Crippen LogP contribution in [0.15, 0.2) is 18.5 Å². The van der Waals surface area contributed by atoms with E-state index in [4.69, 9.17) is 0 Å². The SMILES string of the molecule is CC(C=O)c1ccn(C(C)C=O)c1. The van der Waals surface area contributed by atoms with Crippen LogP contribution in [0.5, 0.6) is 0 Å². The van der Waals surface area contributed by atoms with Gasteiger partial charge in [0.1, 0.15) is 12.6 Å². The van der Waals surface area contributed by atoms with E-state index >= 15 is 0 Å². The van der Waals surface area contributed by atoms with Crippen molar-refractivity contribution in [2.24, 2.45) is 0 Å². The lowest BCUT2D eigenvalue weighted by Crippen LogP contribution is -2.03. The first-order chi connectivity index (χ1) is 6.19. The van der Waals surface area contributed by atoms with Crippen LogP contribution < -0.4 is 0 Å². The quantitative estimate of drug-likeness (QED) is 0.658. The van der Waals surface area contributed by atoms with E-state index in [1.165, 1.54) is 0 Å². The Morgan fingerprint density at radius 2 is 2.00 bits per heavy atom. The summed E-state index contributed by atoms with van der Waals surface area (Å²) in [6.07, 6.45) is 5.41. The first-order valence-electron chi connectivity index (χ1n) is 4.27. The van der Waals surface area contributed by atoms with Gasteiger partial charge in [0.25, 0.3) is 0 Å². The maximum atomic E-state index is 10.5. The third kappa shape index (κ3) is 2.05. The predicted octanol–water partition coefficient (Wildman–Crippen LogP) is 1.55. The maximum Gasteiger partial charge on any atom is 0.142 e. The summed E-state index contributed by atoms with van der Waals surface area (Å²) >= 11 is 0. The van der Waals surface area contributed by atoms with E-state index in [0.29, 0.717) is 0 Å². The minimum absolute atomic E-state index is 0.0971. The largest absolute Gasteiger partial charge is 0.344 e. The molecule has 1 aromatic rings. The second kappa shape index (κ2) is 4.03. The van der Waals surface area contributed by atoms with Crippen molar-refractivity contribution in [2.75, 3.05) is 0 Å². The minimum atomic E-state index is -0.160. The molecule has 3 heteroatoms. The fourth-order valence-electron chi connectivity index (χ4n) is 1.10. The number of aromatic nitrogens is 1.